The molecule has 0 radical (unpaired) electrons. The van der Waals surface area contributed by atoms with E-state index in [1.807, 2.05) is 31.0 Å². The quantitative estimate of drug-likeness (QED) is 0.944. The molecule has 0 bridgehead atoms. The van der Waals surface area contributed by atoms with Crippen LogP contribution in [0.3, 0.4) is 0 Å². The maximum absolute atomic E-state index is 4.48. The SMILES string of the molecule is CNC(c1cc(C)c(Br)c(C)c1)c1ccn(C)n1. The molecule has 1 atom stereocenters. The van der Waals surface area contributed by atoms with Crippen LogP contribution in [0.25, 0.3) is 0 Å². The Morgan fingerprint density at radius 1 is 1.28 bits per heavy atom. The van der Waals surface area contributed by atoms with E-state index in [1.165, 1.54) is 21.2 Å². The Hall–Kier alpha value is -1.13. The summed E-state index contributed by atoms with van der Waals surface area (Å²) in [7, 11) is 3.90. The van der Waals surface area contributed by atoms with Gasteiger partial charge >= 0.3 is 0 Å². The normalized spacial score (nSPS) is 12.7. The minimum Gasteiger partial charge on any atom is -0.308 e. The van der Waals surface area contributed by atoms with Gasteiger partial charge in [-0.3, -0.25) is 4.68 Å². The highest BCUT2D eigenvalue weighted by Gasteiger charge is 2.16. The molecule has 18 heavy (non-hydrogen) atoms. The molecule has 1 N–H and O–H groups in total. The van der Waals surface area contributed by atoms with Gasteiger partial charge in [0.2, 0.25) is 0 Å². The fourth-order valence-corrected chi connectivity index (χ4v) is 2.45. The van der Waals surface area contributed by atoms with E-state index >= 15 is 0 Å². The van der Waals surface area contributed by atoms with Gasteiger partial charge in [-0.05, 0) is 43.7 Å². The van der Waals surface area contributed by atoms with E-state index in [0.29, 0.717) is 0 Å². The van der Waals surface area contributed by atoms with Gasteiger partial charge in [0.05, 0.1) is 11.7 Å². The average Bonchev–Trinajstić information content (AvgIpc) is 2.73. The lowest BCUT2D eigenvalue weighted by Gasteiger charge is -2.17. The fraction of sp³-hybridized carbons (Fsp3) is 0.357. The van der Waals surface area contributed by atoms with Crippen LogP contribution < -0.4 is 5.32 Å². The minimum absolute atomic E-state index is 0.136. The summed E-state index contributed by atoms with van der Waals surface area (Å²) < 4.78 is 3.01. The van der Waals surface area contributed by atoms with Gasteiger partial charge in [-0.15, -0.1) is 0 Å². The standard InChI is InChI=1S/C14H18BrN3/c1-9-7-11(8-10(2)13(9)15)14(16-3)12-5-6-18(4)17-12/h5-8,14,16H,1-4H3. The number of benzene rings is 1. The highest BCUT2D eigenvalue weighted by atomic mass is 79.9. The van der Waals surface area contributed by atoms with Gasteiger partial charge < -0.3 is 5.32 Å². The Morgan fingerprint density at radius 2 is 1.89 bits per heavy atom. The lowest BCUT2D eigenvalue weighted by molar-refractivity contribution is 0.641. The predicted octanol–water partition coefficient (Wildman–Crippen LogP) is 3.11. The van der Waals surface area contributed by atoms with E-state index in [1.54, 1.807) is 0 Å². The smallest absolute Gasteiger partial charge is 0.0839 e. The second-order valence-electron chi connectivity index (χ2n) is 4.60. The van der Waals surface area contributed by atoms with E-state index in [2.05, 4.69) is 52.3 Å². The number of nitrogens with zero attached hydrogens (tertiary/aromatic N) is 2. The van der Waals surface area contributed by atoms with Crippen LogP contribution in [-0.4, -0.2) is 16.8 Å². The Morgan fingerprint density at radius 3 is 2.33 bits per heavy atom. The van der Waals surface area contributed by atoms with Gasteiger partial charge in [-0.2, -0.15) is 5.10 Å². The van der Waals surface area contributed by atoms with Crippen LogP contribution in [0.2, 0.25) is 0 Å². The zero-order chi connectivity index (χ0) is 13.3. The fourth-order valence-electron chi connectivity index (χ4n) is 2.22. The summed E-state index contributed by atoms with van der Waals surface area (Å²) in [6.07, 6.45) is 1.97. The number of hydrogen-bond donors (Lipinski definition) is 1. The van der Waals surface area contributed by atoms with E-state index < -0.39 is 0 Å². The summed E-state index contributed by atoms with van der Waals surface area (Å²) in [5.74, 6) is 0. The van der Waals surface area contributed by atoms with Gasteiger partial charge in [0.1, 0.15) is 0 Å². The number of aryl methyl sites for hydroxylation is 3. The van der Waals surface area contributed by atoms with Crippen molar-refractivity contribution in [3.05, 3.63) is 51.3 Å². The lowest BCUT2D eigenvalue weighted by Crippen LogP contribution is -2.18. The third kappa shape index (κ3) is 2.49. The topological polar surface area (TPSA) is 29.9 Å². The van der Waals surface area contributed by atoms with Crippen LogP contribution in [0.4, 0.5) is 0 Å². The Labute approximate surface area is 116 Å². The molecular weight excluding hydrogens is 290 g/mol. The molecule has 0 saturated heterocycles. The molecule has 0 aliphatic heterocycles. The summed E-state index contributed by atoms with van der Waals surface area (Å²) in [5.41, 5.74) is 4.79. The van der Waals surface area contributed by atoms with Crippen molar-refractivity contribution in [2.75, 3.05) is 7.05 Å². The zero-order valence-electron chi connectivity index (χ0n) is 11.2. The van der Waals surface area contributed by atoms with Crippen LogP contribution in [0.5, 0.6) is 0 Å². The molecule has 0 spiro atoms. The van der Waals surface area contributed by atoms with Crippen LogP contribution >= 0.6 is 15.9 Å². The molecule has 1 aromatic heterocycles. The van der Waals surface area contributed by atoms with E-state index in [9.17, 15) is 0 Å². The second kappa shape index (κ2) is 5.24. The molecule has 0 aliphatic carbocycles. The molecule has 0 aliphatic rings. The minimum atomic E-state index is 0.136. The summed E-state index contributed by atoms with van der Waals surface area (Å²) in [6.45, 7) is 4.23. The number of hydrogen-bond acceptors (Lipinski definition) is 2. The van der Waals surface area contributed by atoms with Crippen molar-refractivity contribution < 1.29 is 0 Å². The maximum Gasteiger partial charge on any atom is 0.0839 e. The molecule has 0 fully saturated rings. The van der Waals surface area contributed by atoms with Crippen LogP contribution in [0.1, 0.15) is 28.4 Å². The van der Waals surface area contributed by atoms with E-state index in [0.717, 1.165) is 5.69 Å². The first-order valence-corrected chi connectivity index (χ1v) is 6.75. The molecule has 96 valence electrons. The molecule has 0 amide bonds. The first-order valence-electron chi connectivity index (χ1n) is 5.96. The van der Waals surface area contributed by atoms with Gasteiger partial charge in [0.15, 0.2) is 0 Å². The van der Waals surface area contributed by atoms with E-state index in [-0.39, 0.29) is 6.04 Å². The third-order valence-electron chi connectivity index (χ3n) is 3.11. The Balaban J connectivity index is 2.45. The van der Waals surface area contributed by atoms with Gasteiger partial charge in [0, 0.05) is 17.7 Å². The molecule has 1 unspecified atom stereocenters. The third-order valence-corrected chi connectivity index (χ3v) is 4.36. The average molecular weight is 308 g/mol. The highest BCUT2D eigenvalue weighted by Crippen LogP contribution is 2.28. The molecule has 0 saturated carbocycles. The highest BCUT2D eigenvalue weighted by molar-refractivity contribution is 9.10. The van der Waals surface area contributed by atoms with Crippen molar-refractivity contribution in [2.24, 2.45) is 7.05 Å². The predicted molar refractivity (Wildman–Crippen MR) is 77.7 cm³/mol. The molecule has 1 aromatic carbocycles. The zero-order valence-corrected chi connectivity index (χ0v) is 12.7. The van der Waals surface area contributed by atoms with Crippen molar-refractivity contribution in [1.29, 1.82) is 0 Å². The number of halogens is 1. The molecular formula is C14H18BrN3. The lowest BCUT2D eigenvalue weighted by atomic mass is 9.99. The summed E-state index contributed by atoms with van der Waals surface area (Å²) in [5, 5.41) is 7.81. The van der Waals surface area contributed by atoms with Gasteiger partial charge in [0.25, 0.3) is 0 Å². The molecule has 2 rings (SSSR count). The monoisotopic (exact) mass is 307 g/mol. The van der Waals surface area contributed by atoms with Gasteiger partial charge in [-0.1, -0.05) is 28.1 Å². The van der Waals surface area contributed by atoms with Crippen LogP contribution in [-0.2, 0) is 7.05 Å². The van der Waals surface area contributed by atoms with Crippen molar-refractivity contribution >= 4 is 15.9 Å². The first-order chi connectivity index (χ1) is 8.52. The molecule has 1 heterocycles. The Bertz CT molecular complexity index is 537. The second-order valence-corrected chi connectivity index (χ2v) is 5.40. The van der Waals surface area contributed by atoms with Crippen LogP contribution in [0.15, 0.2) is 28.9 Å². The van der Waals surface area contributed by atoms with Crippen molar-refractivity contribution in [3.8, 4) is 0 Å². The van der Waals surface area contributed by atoms with Crippen molar-refractivity contribution in [2.45, 2.75) is 19.9 Å². The summed E-state index contributed by atoms with van der Waals surface area (Å²) in [4.78, 5) is 0. The Kier molecular flexibility index (Phi) is 3.88. The van der Waals surface area contributed by atoms with E-state index in [4.69, 9.17) is 0 Å². The maximum atomic E-state index is 4.48. The molecule has 2 aromatic rings. The number of aromatic nitrogens is 2. The summed E-state index contributed by atoms with van der Waals surface area (Å²) in [6, 6.07) is 6.59. The number of nitrogens with one attached hydrogen (secondary N) is 1. The molecule has 3 nitrogen and oxygen atoms in total. The number of rotatable bonds is 3. The van der Waals surface area contributed by atoms with Crippen molar-refractivity contribution in [3.63, 3.8) is 0 Å². The van der Waals surface area contributed by atoms with Crippen molar-refractivity contribution in [1.82, 2.24) is 15.1 Å². The van der Waals surface area contributed by atoms with Gasteiger partial charge in [-0.25, -0.2) is 0 Å². The summed E-state index contributed by atoms with van der Waals surface area (Å²) >= 11 is 3.60. The first kappa shape index (κ1) is 13.3. The largest absolute Gasteiger partial charge is 0.308 e. The molecule has 4 heteroatoms. The van der Waals surface area contributed by atoms with Crippen LogP contribution in [0, 0.1) is 13.8 Å².